The van der Waals surface area contributed by atoms with Crippen LogP contribution in [0.15, 0.2) is 41.3 Å². The standard InChI is InChI=1S/C25H30N2O5S/c1-17-6-11-23(32-3)24-22(17)5-4-14-27(24)25(29)20-12-15-26(16-13-20)33(30,31)21-9-7-19(8-10-21)18(2)28/h6-11,20H,4-5,12-16H2,1-3H3. The zero-order valence-corrected chi connectivity index (χ0v) is 20.2. The van der Waals surface area contributed by atoms with Crippen molar-refractivity contribution in [1.29, 1.82) is 0 Å². The molecule has 8 heteroatoms. The van der Waals surface area contributed by atoms with E-state index in [2.05, 4.69) is 6.92 Å². The van der Waals surface area contributed by atoms with Gasteiger partial charge in [0.1, 0.15) is 5.75 Å². The second kappa shape index (κ2) is 9.27. The van der Waals surface area contributed by atoms with Crippen LogP contribution in [0.3, 0.4) is 0 Å². The van der Waals surface area contributed by atoms with Gasteiger partial charge in [-0.15, -0.1) is 0 Å². The number of Topliss-reactive ketones (excluding diaryl/α,β-unsaturated/α-hetero) is 1. The van der Waals surface area contributed by atoms with E-state index in [9.17, 15) is 18.0 Å². The van der Waals surface area contributed by atoms with Gasteiger partial charge < -0.3 is 9.64 Å². The molecule has 2 aliphatic heterocycles. The van der Waals surface area contributed by atoms with Crippen molar-refractivity contribution in [1.82, 2.24) is 4.31 Å². The number of hydrogen-bond acceptors (Lipinski definition) is 5. The van der Waals surface area contributed by atoms with Gasteiger partial charge in [0.25, 0.3) is 0 Å². The van der Waals surface area contributed by atoms with Crippen molar-refractivity contribution in [2.45, 2.75) is 44.4 Å². The lowest BCUT2D eigenvalue weighted by atomic mass is 9.92. The van der Waals surface area contributed by atoms with Gasteiger partial charge in [0, 0.05) is 31.1 Å². The van der Waals surface area contributed by atoms with Crippen LogP contribution in [0.2, 0.25) is 0 Å². The maximum absolute atomic E-state index is 13.5. The average Bonchev–Trinajstić information content (AvgIpc) is 2.84. The zero-order chi connectivity index (χ0) is 23.8. The number of carbonyl (C=O) groups excluding carboxylic acids is 2. The van der Waals surface area contributed by atoms with Crippen molar-refractivity contribution >= 4 is 27.4 Å². The Morgan fingerprint density at radius 2 is 1.67 bits per heavy atom. The summed E-state index contributed by atoms with van der Waals surface area (Å²) in [5.41, 5.74) is 3.66. The minimum absolute atomic E-state index is 0.0442. The number of piperidine rings is 1. The van der Waals surface area contributed by atoms with Crippen LogP contribution in [0.5, 0.6) is 5.75 Å². The maximum atomic E-state index is 13.5. The molecule has 0 radical (unpaired) electrons. The highest BCUT2D eigenvalue weighted by Crippen LogP contribution is 2.39. The molecule has 1 fully saturated rings. The van der Waals surface area contributed by atoms with Gasteiger partial charge >= 0.3 is 0 Å². The van der Waals surface area contributed by atoms with Crippen molar-refractivity contribution < 1.29 is 22.7 Å². The Labute approximate surface area is 195 Å². The van der Waals surface area contributed by atoms with Crippen molar-refractivity contribution in [3.05, 3.63) is 53.1 Å². The summed E-state index contributed by atoms with van der Waals surface area (Å²) in [5, 5.41) is 0. The van der Waals surface area contributed by atoms with Crippen LogP contribution >= 0.6 is 0 Å². The van der Waals surface area contributed by atoms with Crippen molar-refractivity contribution in [3.63, 3.8) is 0 Å². The number of aryl methyl sites for hydroxylation is 1. The van der Waals surface area contributed by atoms with Gasteiger partial charge in [-0.2, -0.15) is 4.31 Å². The van der Waals surface area contributed by atoms with E-state index in [-0.39, 0.29) is 22.5 Å². The molecule has 7 nitrogen and oxygen atoms in total. The number of rotatable bonds is 5. The molecule has 0 aromatic heterocycles. The maximum Gasteiger partial charge on any atom is 0.243 e. The lowest BCUT2D eigenvalue weighted by Gasteiger charge is -2.37. The first-order valence-electron chi connectivity index (χ1n) is 11.3. The third-order valence-electron chi connectivity index (χ3n) is 6.75. The molecule has 176 valence electrons. The summed E-state index contributed by atoms with van der Waals surface area (Å²) >= 11 is 0. The Balaban J connectivity index is 1.48. The van der Waals surface area contributed by atoms with Gasteiger partial charge in [-0.05, 0) is 68.9 Å². The van der Waals surface area contributed by atoms with Crippen LogP contribution < -0.4 is 9.64 Å². The van der Waals surface area contributed by atoms with Crippen molar-refractivity contribution in [3.8, 4) is 5.75 Å². The topological polar surface area (TPSA) is 84.0 Å². The van der Waals surface area contributed by atoms with Gasteiger partial charge in [-0.1, -0.05) is 18.2 Å². The first-order valence-corrected chi connectivity index (χ1v) is 12.8. The monoisotopic (exact) mass is 470 g/mol. The number of benzene rings is 2. The van der Waals surface area contributed by atoms with Crippen LogP contribution in [0.1, 0.15) is 47.7 Å². The quantitative estimate of drug-likeness (QED) is 0.624. The molecule has 2 aromatic rings. The average molecular weight is 471 g/mol. The number of methoxy groups -OCH3 is 1. The van der Waals surface area contributed by atoms with Crippen molar-refractivity contribution in [2.24, 2.45) is 5.92 Å². The minimum Gasteiger partial charge on any atom is -0.495 e. The Kier molecular flexibility index (Phi) is 6.59. The minimum atomic E-state index is -3.67. The predicted octanol–water partition coefficient (Wildman–Crippen LogP) is 3.59. The summed E-state index contributed by atoms with van der Waals surface area (Å²) in [6.45, 7) is 4.73. The Hall–Kier alpha value is -2.71. The normalized spacial score (nSPS) is 17.5. The Bertz CT molecular complexity index is 1170. The van der Waals surface area contributed by atoms with E-state index in [1.807, 2.05) is 17.0 Å². The molecule has 1 saturated heterocycles. The Morgan fingerprint density at radius 1 is 1.00 bits per heavy atom. The lowest BCUT2D eigenvalue weighted by molar-refractivity contribution is -0.123. The van der Waals surface area contributed by atoms with Crippen LogP contribution in [-0.4, -0.2) is 51.2 Å². The number of fused-ring (bicyclic) bond motifs is 1. The Morgan fingerprint density at radius 3 is 2.27 bits per heavy atom. The fourth-order valence-corrected chi connectivity index (χ4v) is 6.28. The third-order valence-corrected chi connectivity index (χ3v) is 8.66. The highest BCUT2D eigenvalue weighted by Gasteiger charge is 2.36. The molecule has 0 aliphatic carbocycles. The summed E-state index contributed by atoms with van der Waals surface area (Å²) in [7, 11) is -2.05. The molecule has 2 aromatic carbocycles. The molecule has 1 amide bonds. The van der Waals surface area contributed by atoms with E-state index in [4.69, 9.17) is 4.74 Å². The molecule has 0 unspecified atom stereocenters. The van der Waals surface area contributed by atoms with E-state index in [0.717, 1.165) is 29.7 Å². The van der Waals surface area contributed by atoms with Crippen LogP contribution in [-0.2, 0) is 21.2 Å². The summed E-state index contributed by atoms with van der Waals surface area (Å²) in [4.78, 5) is 27.0. The van der Waals surface area contributed by atoms with Gasteiger partial charge in [-0.3, -0.25) is 9.59 Å². The molecule has 0 N–H and O–H groups in total. The molecule has 0 spiro atoms. The van der Waals surface area contributed by atoms with E-state index in [0.29, 0.717) is 43.8 Å². The molecule has 33 heavy (non-hydrogen) atoms. The van der Waals surface area contributed by atoms with Gasteiger partial charge in [0.15, 0.2) is 5.78 Å². The summed E-state index contributed by atoms with van der Waals surface area (Å²) in [6.07, 6.45) is 2.77. The molecule has 2 aliphatic rings. The number of ketones is 1. The fourth-order valence-electron chi connectivity index (χ4n) is 4.81. The van der Waals surface area contributed by atoms with E-state index < -0.39 is 10.0 Å². The molecule has 2 heterocycles. The number of anilines is 1. The smallest absolute Gasteiger partial charge is 0.243 e. The number of nitrogens with zero attached hydrogens (tertiary/aromatic N) is 2. The molecule has 0 atom stereocenters. The lowest BCUT2D eigenvalue weighted by Crippen LogP contribution is -2.46. The largest absolute Gasteiger partial charge is 0.495 e. The first-order chi connectivity index (χ1) is 15.7. The van der Waals surface area contributed by atoms with Crippen LogP contribution in [0, 0.1) is 12.8 Å². The predicted molar refractivity (Wildman–Crippen MR) is 126 cm³/mol. The molecule has 4 rings (SSSR count). The summed E-state index contributed by atoms with van der Waals surface area (Å²) in [5.74, 6) is 0.414. The van der Waals surface area contributed by atoms with Crippen molar-refractivity contribution in [2.75, 3.05) is 31.6 Å². The number of hydrogen-bond donors (Lipinski definition) is 0. The summed E-state index contributed by atoms with van der Waals surface area (Å²) in [6, 6.07) is 9.96. The van der Waals surface area contributed by atoms with E-state index >= 15 is 0 Å². The second-order valence-corrected chi connectivity index (χ2v) is 10.7. The van der Waals surface area contributed by atoms with Gasteiger partial charge in [-0.25, -0.2) is 8.42 Å². The highest BCUT2D eigenvalue weighted by molar-refractivity contribution is 7.89. The third kappa shape index (κ3) is 4.42. The number of carbonyl (C=O) groups is 2. The first kappa shape index (κ1) is 23.4. The van der Waals surface area contributed by atoms with E-state index in [1.54, 1.807) is 7.11 Å². The zero-order valence-electron chi connectivity index (χ0n) is 19.3. The molecule has 0 saturated carbocycles. The molecule has 0 bridgehead atoms. The molecular weight excluding hydrogens is 440 g/mol. The number of amides is 1. The second-order valence-electron chi connectivity index (χ2n) is 8.76. The van der Waals surface area contributed by atoms with Crippen LogP contribution in [0.25, 0.3) is 0 Å². The van der Waals surface area contributed by atoms with Gasteiger partial charge in [0.05, 0.1) is 17.7 Å². The fraction of sp³-hybridized carbons (Fsp3) is 0.440. The summed E-state index contributed by atoms with van der Waals surface area (Å²) < 4.78 is 33.1. The highest BCUT2D eigenvalue weighted by atomic mass is 32.2. The number of sulfonamides is 1. The van der Waals surface area contributed by atoms with E-state index in [1.165, 1.54) is 35.5 Å². The van der Waals surface area contributed by atoms with Crippen LogP contribution in [0.4, 0.5) is 5.69 Å². The molecular formula is C25H30N2O5S. The van der Waals surface area contributed by atoms with Gasteiger partial charge in [0.2, 0.25) is 15.9 Å². The SMILES string of the molecule is COc1ccc(C)c2c1N(C(=O)C1CCN(S(=O)(=O)c3ccc(C(C)=O)cc3)CC1)CCC2. The number of ether oxygens (including phenoxy) is 1.